The molecule has 0 saturated carbocycles. The molecule has 7 heteroatoms. The highest BCUT2D eigenvalue weighted by Crippen LogP contribution is 2.52. The minimum atomic E-state index is -0.809. The molecule has 0 fully saturated rings. The minimum absolute atomic E-state index is 0.166. The van der Waals surface area contributed by atoms with Crippen molar-refractivity contribution >= 4 is 28.7 Å². The van der Waals surface area contributed by atoms with Crippen molar-refractivity contribution in [2.24, 2.45) is 10.7 Å². The maximum atomic E-state index is 6.32. The van der Waals surface area contributed by atoms with E-state index in [0.717, 1.165) is 56.2 Å². The number of hydrogen-bond donors (Lipinski definition) is 1. The van der Waals surface area contributed by atoms with E-state index in [1.165, 1.54) is 11.9 Å². The molecule has 1 aliphatic carbocycles. The van der Waals surface area contributed by atoms with Crippen molar-refractivity contribution in [2.75, 3.05) is 6.61 Å². The van der Waals surface area contributed by atoms with Gasteiger partial charge in [0.2, 0.25) is 0 Å². The first-order valence-electron chi connectivity index (χ1n) is 10.7. The number of nitrogens with two attached hydrogens (primary N) is 1. The monoisotopic (exact) mass is 452 g/mol. The molecule has 2 N–H and O–H groups in total. The molecule has 162 valence electrons. The molecule has 2 aromatic carbocycles. The molecule has 2 aliphatic heterocycles. The lowest BCUT2D eigenvalue weighted by atomic mass is 9.79. The Bertz CT molecular complexity index is 1410. The lowest BCUT2D eigenvalue weighted by Gasteiger charge is -2.34. The molecule has 3 aromatic rings. The van der Waals surface area contributed by atoms with Crippen molar-refractivity contribution in [1.82, 2.24) is 9.97 Å². The van der Waals surface area contributed by atoms with Crippen LogP contribution < -0.4 is 10.5 Å². The Kier molecular flexibility index (Phi) is 4.41. The normalized spacial score (nSPS) is 20.8. The van der Waals surface area contributed by atoms with Crippen LogP contribution in [-0.2, 0) is 10.3 Å². The Morgan fingerprint density at radius 3 is 2.36 bits per heavy atom. The highest BCUT2D eigenvalue weighted by atomic mass is 32.1. The van der Waals surface area contributed by atoms with E-state index in [0.29, 0.717) is 6.61 Å². The average Bonchev–Trinajstić information content (AvgIpc) is 3.23. The molecule has 0 saturated heterocycles. The van der Waals surface area contributed by atoms with Crippen molar-refractivity contribution in [1.29, 1.82) is 0 Å². The first-order chi connectivity index (χ1) is 16.0. The van der Waals surface area contributed by atoms with Crippen LogP contribution in [0.15, 0.2) is 77.8 Å². The zero-order chi connectivity index (χ0) is 22.6. The molecule has 0 amide bonds. The summed E-state index contributed by atoms with van der Waals surface area (Å²) in [5, 5.41) is 0. The lowest BCUT2D eigenvalue weighted by molar-refractivity contribution is 0.264. The van der Waals surface area contributed by atoms with E-state index in [-0.39, 0.29) is 6.02 Å². The van der Waals surface area contributed by atoms with Gasteiger partial charge in [0.15, 0.2) is 5.54 Å². The smallest absolute Gasteiger partial charge is 0.283 e. The van der Waals surface area contributed by atoms with Crippen molar-refractivity contribution in [3.05, 3.63) is 89.5 Å². The summed E-state index contributed by atoms with van der Waals surface area (Å²) in [6.07, 6.45) is 10.1. The Balaban J connectivity index is 1.54. The van der Waals surface area contributed by atoms with Crippen LogP contribution >= 0.6 is 12.2 Å². The number of thiocarbonyl (C=S) groups is 1. The van der Waals surface area contributed by atoms with E-state index in [9.17, 15) is 0 Å². The third-order valence-corrected chi connectivity index (χ3v) is 6.67. The summed E-state index contributed by atoms with van der Waals surface area (Å²) in [5.41, 5.74) is 12.2. The second kappa shape index (κ2) is 7.35. The molecule has 0 radical (unpaired) electrons. The molecular formula is C26H20N4O2S. The second-order valence-electron chi connectivity index (χ2n) is 8.38. The molecule has 33 heavy (non-hydrogen) atoms. The zero-order valence-corrected chi connectivity index (χ0v) is 18.7. The van der Waals surface area contributed by atoms with Gasteiger partial charge in [-0.1, -0.05) is 42.1 Å². The summed E-state index contributed by atoms with van der Waals surface area (Å²) in [4.78, 5) is 14.0. The number of nitrogens with zero attached hydrogens (tertiary/aromatic N) is 3. The van der Waals surface area contributed by atoms with E-state index in [1.807, 2.05) is 24.3 Å². The van der Waals surface area contributed by atoms with Gasteiger partial charge in [-0.05, 0) is 47.9 Å². The highest BCUT2D eigenvalue weighted by molar-refractivity contribution is 7.81. The fourth-order valence-electron chi connectivity index (χ4n) is 4.63. The van der Waals surface area contributed by atoms with Crippen LogP contribution in [0.5, 0.6) is 11.5 Å². The summed E-state index contributed by atoms with van der Waals surface area (Å²) in [6, 6.07) is 12.3. The number of rotatable bonds is 2. The Hall–Kier alpha value is -3.84. The number of hydrogen-bond acceptors (Lipinski definition) is 7. The third kappa shape index (κ3) is 3.15. The van der Waals surface area contributed by atoms with Crippen LogP contribution in [-0.4, -0.2) is 27.5 Å². The number of aliphatic imine (C=N–C) groups is 1. The van der Waals surface area contributed by atoms with Gasteiger partial charge in [0.25, 0.3) is 6.02 Å². The Labute approximate surface area is 196 Å². The van der Waals surface area contributed by atoms with Crippen molar-refractivity contribution < 1.29 is 9.47 Å². The molecule has 6 rings (SSSR count). The first kappa shape index (κ1) is 19.8. The van der Waals surface area contributed by atoms with Crippen LogP contribution in [0.3, 0.4) is 0 Å². The maximum Gasteiger partial charge on any atom is 0.283 e. The van der Waals surface area contributed by atoms with Gasteiger partial charge in [-0.3, -0.25) is 0 Å². The predicted molar refractivity (Wildman–Crippen MR) is 131 cm³/mol. The Morgan fingerprint density at radius 1 is 0.970 bits per heavy atom. The van der Waals surface area contributed by atoms with Crippen LogP contribution in [0.1, 0.15) is 30.0 Å². The summed E-state index contributed by atoms with van der Waals surface area (Å²) in [7, 11) is 0. The largest absolute Gasteiger partial charge is 0.462 e. The summed E-state index contributed by atoms with van der Waals surface area (Å²) in [5.74, 6) is 1.46. The van der Waals surface area contributed by atoms with Crippen molar-refractivity contribution in [2.45, 2.75) is 18.9 Å². The molecule has 1 spiro atoms. The van der Waals surface area contributed by atoms with Gasteiger partial charge in [-0.15, -0.1) is 0 Å². The molecule has 6 nitrogen and oxygen atoms in total. The fraction of sp³-hybridized carbons (Fsp3) is 0.154. The molecule has 3 heterocycles. The average molecular weight is 453 g/mol. The van der Waals surface area contributed by atoms with Gasteiger partial charge >= 0.3 is 0 Å². The van der Waals surface area contributed by atoms with Crippen LogP contribution in [0, 0.1) is 0 Å². The number of aromatic nitrogens is 2. The van der Waals surface area contributed by atoms with E-state index < -0.39 is 5.54 Å². The third-order valence-electron chi connectivity index (χ3n) is 6.29. The molecule has 1 atom stereocenters. The fourth-order valence-corrected chi connectivity index (χ4v) is 4.89. The van der Waals surface area contributed by atoms with Gasteiger partial charge in [0.05, 0.1) is 0 Å². The molecule has 1 aromatic heterocycles. The van der Waals surface area contributed by atoms with Gasteiger partial charge < -0.3 is 15.2 Å². The van der Waals surface area contributed by atoms with Crippen molar-refractivity contribution in [3.63, 3.8) is 0 Å². The minimum Gasteiger partial charge on any atom is -0.462 e. The van der Waals surface area contributed by atoms with Crippen molar-refractivity contribution in [3.8, 4) is 22.6 Å². The summed E-state index contributed by atoms with van der Waals surface area (Å²) >= 11 is 5.67. The van der Waals surface area contributed by atoms with E-state index in [4.69, 9.17) is 32.4 Å². The SMILES string of the molecule is CC1=CCC(=S)C(c2ccc3c(c2)[C@]2(COC(N)=N2)c2cc(-c4cncnc4)ccc2O3)=C1. The lowest BCUT2D eigenvalue weighted by Crippen LogP contribution is -2.31. The topological polar surface area (TPSA) is 82.6 Å². The quantitative estimate of drug-likeness (QED) is 0.555. The van der Waals surface area contributed by atoms with Gasteiger partial charge in [-0.2, -0.15) is 0 Å². The molecule has 0 bridgehead atoms. The highest BCUT2D eigenvalue weighted by Gasteiger charge is 2.47. The molecule has 0 unspecified atom stereocenters. The van der Waals surface area contributed by atoms with Gasteiger partial charge in [0.1, 0.15) is 24.4 Å². The van der Waals surface area contributed by atoms with E-state index in [2.05, 4.69) is 41.2 Å². The number of allylic oxidation sites excluding steroid dienone is 4. The van der Waals surface area contributed by atoms with Crippen LogP contribution in [0.25, 0.3) is 16.7 Å². The van der Waals surface area contributed by atoms with Gasteiger partial charge in [0, 0.05) is 40.4 Å². The first-order valence-corrected chi connectivity index (χ1v) is 11.1. The van der Waals surface area contributed by atoms with Crippen LogP contribution in [0.2, 0.25) is 0 Å². The standard InChI is InChI=1S/C26H20N4O2S/c1-15-2-7-24(33)19(8-15)17-4-6-23-21(10-17)26(13-31-25(27)30-26)20-9-16(3-5-22(20)32-23)18-11-28-14-29-12-18/h2-6,8-12,14H,7,13H2,1H3,(H2,27,30)/t26-/m0/s1. The second-order valence-corrected chi connectivity index (χ2v) is 8.88. The Morgan fingerprint density at radius 2 is 1.67 bits per heavy atom. The molecule has 3 aliphatic rings. The van der Waals surface area contributed by atoms with Crippen LogP contribution in [0.4, 0.5) is 0 Å². The predicted octanol–water partition coefficient (Wildman–Crippen LogP) is 4.94. The molecular weight excluding hydrogens is 432 g/mol. The van der Waals surface area contributed by atoms with E-state index >= 15 is 0 Å². The summed E-state index contributed by atoms with van der Waals surface area (Å²) < 4.78 is 12.0. The number of fused-ring (bicyclic) bond motifs is 4. The number of ether oxygens (including phenoxy) is 2. The summed E-state index contributed by atoms with van der Waals surface area (Å²) in [6.45, 7) is 2.38. The van der Waals surface area contributed by atoms with E-state index in [1.54, 1.807) is 12.4 Å². The maximum absolute atomic E-state index is 6.32. The number of benzene rings is 2. The van der Waals surface area contributed by atoms with Gasteiger partial charge in [-0.25, -0.2) is 15.0 Å². The zero-order valence-electron chi connectivity index (χ0n) is 17.9. The number of amidine groups is 1.